The lowest BCUT2D eigenvalue weighted by molar-refractivity contribution is -0.125. The smallest absolute Gasteiger partial charge is 0.339 e. The minimum atomic E-state index is -2.76. The van der Waals surface area contributed by atoms with Gasteiger partial charge in [0.1, 0.15) is 23.7 Å². The second kappa shape index (κ2) is 9.52. The van der Waals surface area contributed by atoms with Gasteiger partial charge >= 0.3 is 5.97 Å². The highest BCUT2D eigenvalue weighted by Gasteiger charge is 2.24. The molecule has 0 amide bonds. The molecule has 0 aliphatic rings. The number of anilines is 2. The average Bonchev–Trinajstić information content (AvgIpc) is 3.11. The number of hydrogen-bond donors (Lipinski definition) is 3. The lowest BCUT2D eigenvalue weighted by Crippen LogP contribution is -2.22. The van der Waals surface area contributed by atoms with Crippen LogP contribution in [0.25, 0.3) is 11.0 Å². The highest BCUT2D eigenvalue weighted by atomic mass is 35.5. The van der Waals surface area contributed by atoms with E-state index in [1.807, 2.05) is 20.8 Å². The number of halogens is 4. The number of carbonyl (C=O) groups excluding carboxylic acids is 1. The number of fused-ring (bicyclic) bond motifs is 1. The van der Waals surface area contributed by atoms with Crippen molar-refractivity contribution >= 4 is 57.6 Å². The van der Waals surface area contributed by atoms with Crippen LogP contribution in [-0.2, 0) is 11.2 Å². The molecule has 0 aliphatic heterocycles. The number of aromatic carboxylic acids is 1. The Bertz CT molecular complexity index is 1220. The maximum atomic E-state index is 12.5. The van der Waals surface area contributed by atoms with Gasteiger partial charge in [-0.05, 0) is 17.7 Å². The molecule has 0 aliphatic carbocycles. The Hall–Kier alpha value is -2.91. The van der Waals surface area contributed by atoms with Crippen LogP contribution in [-0.4, -0.2) is 39.9 Å². The van der Waals surface area contributed by atoms with Gasteiger partial charge in [0.25, 0.3) is 6.43 Å². The summed E-state index contributed by atoms with van der Waals surface area (Å²) in [5, 5.41) is 12.9. The first-order chi connectivity index (χ1) is 15.4. The SMILES string of the molecule is CC(C)(C)C(=O)Cc1ccc(Cl)c(Nc2nc3cc(OCC(F)F)c(C(=O)O)cc3[nH]2)c1Cl. The molecule has 33 heavy (non-hydrogen) atoms. The molecule has 7 nitrogen and oxygen atoms in total. The zero-order chi connectivity index (χ0) is 24.5. The van der Waals surface area contributed by atoms with E-state index in [0.717, 1.165) is 0 Å². The van der Waals surface area contributed by atoms with Crippen LogP contribution in [0.15, 0.2) is 24.3 Å². The third kappa shape index (κ3) is 5.72. The number of nitrogens with one attached hydrogen (secondary N) is 2. The largest absolute Gasteiger partial charge is 0.487 e. The molecule has 176 valence electrons. The van der Waals surface area contributed by atoms with Gasteiger partial charge < -0.3 is 20.1 Å². The van der Waals surface area contributed by atoms with E-state index in [2.05, 4.69) is 15.3 Å². The molecule has 0 fully saturated rings. The summed E-state index contributed by atoms with van der Waals surface area (Å²) in [6.07, 6.45) is -2.65. The van der Waals surface area contributed by atoms with Gasteiger partial charge in [-0.1, -0.05) is 50.0 Å². The van der Waals surface area contributed by atoms with Crippen molar-refractivity contribution in [2.45, 2.75) is 33.6 Å². The molecule has 3 aromatic rings. The van der Waals surface area contributed by atoms with Gasteiger partial charge in [-0.3, -0.25) is 4.79 Å². The highest BCUT2D eigenvalue weighted by Crippen LogP contribution is 2.37. The van der Waals surface area contributed by atoms with Crippen LogP contribution < -0.4 is 10.1 Å². The Morgan fingerprint density at radius 3 is 2.55 bits per heavy atom. The Labute approximate surface area is 198 Å². The van der Waals surface area contributed by atoms with Gasteiger partial charge in [0, 0.05) is 17.9 Å². The van der Waals surface area contributed by atoms with Crippen molar-refractivity contribution in [2.24, 2.45) is 5.41 Å². The number of carboxylic acids is 1. The number of aromatic nitrogens is 2. The topological polar surface area (TPSA) is 104 Å². The highest BCUT2D eigenvalue weighted by molar-refractivity contribution is 6.39. The van der Waals surface area contributed by atoms with Crippen LogP contribution in [0.3, 0.4) is 0 Å². The van der Waals surface area contributed by atoms with Crippen molar-refractivity contribution in [2.75, 3.05) is 11.9 Å². The van der Waals surface area contributed by atoms with E-state index in [1.54, 1.807) is 12.1 Å². The number of carbonyl (C=O) groups is 2. The number of ether oxygens (including phenoxy) is 1. The van der Waals surface area contributed by atoms with E-state index in [1.165, 1.54) is 12.1 Å². The molecule has 1 aromatic heterocycles. The number of benzene rings is 2. The number of aromatic amines is 1. The fraction of sp³-hybridized carbons (Fsp3) is 0.318. The second-order valence-electron chi connectivity index (χ2n) is 8.33. The number of hydrogen-bond acceptors (Lipinski definition) is 5. The Balaban J connectivity index is 1.95. The van der Waals surface area contributed by atoms with Crippen molar-refractivity contribution in [1.82, 2.24) is 9.97 Å². The van der Waals surface area contributed by atoms with Crippen LogP contribution >= 0.6 is 23.2 Å². The fourth-order valence-corrected chi connectivity index (χ4v) is 3.47. The molecule has 0 saturated carbocycles. The molecular formula is C22H21Cl2F2N3O4. The molecule has 3 rings (SSSR count). The minimum Gasteiger partial charge on any atom is -0.487 e. The van der Waals surface area contributed by atoms with Crippen molar-refractivity contribution in [3.8, 4) is 5.75 Å². The molecule has 0 unspecified atom stereocenters. The third-order valence-electron chi connectivity index (χ3n) is 4.78. The van der Waals surface area contributed by atoms with Gasteiger partial charge in [-0.2, -0.15) is 0 Å². The monoisotopic (exact) mass is 499 g/mol. The van der Waals surface area contributed by atoms with Crippen LogP contribution in [0.4, 0.5) is 20.4 Å². The summed E-state index contributed by atoms with van der Waals surface area (Å²) in [5.74, 6) is -1.39. The number of rotatable bonds is 8. The number of ketones is 1. The van der Waals surface area contributed by atoms with Crippen molar-refractivity contribution in [1.29, 1.82) is 0 Å². The number of H-pyrrole nitrogens is 1. The van der Waals surface area contributed by atoms with Crippen LogP contribution in [0, 0.1) is 5.41 Å². The van der Waals surface area contributed by atoms with E-state index in [0.29, 0.717) is 16.8 Å². The molecule has 0 saturated heterocycles. The molecule has 1 heterocycles. The molecule has 2 aromatic carbocycles. The number of nitrogens with zero attached hydrogens (tertiary/aromatic N) is 1. The predicted octanol–water partition coefficient (Wildman–Crippen LogP) is 6.11. The lowest BCUT2D eigenvalue weighted by Gasteiger charge is -2.18. The molecule has 0 bridgehead atoms. The minimum absolute atomic E-state index is 0.000985. The van der Waals surface area contributed by atoms with Crippen molar-refractivity contribution in [3.63, 3.8) is 0 Å². The Morgan fingerprint density at radius 2 is 1.94 bits per heavy atom. The van der Waals surface area contributed by atoms with Gasteiger partial charge in [0.05, 0.1) is 26.8 Å². The zero-order valence-corrected chi connectivity index (χ0v) is 19.4. The average molecular weight is 500 g/mol. The number of carboxylic acid groups (broad SMARTS) is 1. The summed E-state index contributed by atoms with van der Waals surface area (Å²) < 4.78 is 30.0. The van der Waals surface area contributed by atoms with Crippen LogP contribution in [0.2, 0.25) is 10.0 Å². The molecule has 0 spiro atoms. The van der Waals surface area contributed by atoms with Crippen LogP contribution in [0.1, 0.15) is 36.7 Å². The Morgan fingerprint density at radius 1 is 1.24 bits per heavy atom. The van der Waals surface area contributed by atoms with Gasteiger partial charge in [-0.25, -0.2) is 18.6 Å². The summed E-state index contributed by atoms with van der Waals surface area (Å²) in [6, 6.07) is 5.76. The summed E-state index contributed by atoms with van der Waals surface area (Å²) in [6.45, 7) is 4.50. The second-order valence-corrected chi connectivity index (χ2v) is 9.11. The summed E-state index contributed by atoms with van der Waals surface area (Å²) in [7, 11) is 0. The zero-order valence-electron chi connectivity index (χ0n) is 17.9. The van der Waals surface area contributed by atoms with E-state index in [-0.39, 0.29) is 45.0 Å². The lowest BCUT2D eigenvalue weighted by atomic mass is 9.87. The van der Waals surface area contributed by atoms with Gasteiger partial charge in [-0.15, -0.1) is 0 Å². The van der Waals surface area contributed by atoms with Crippen molar-refractivity contribution in [3.05, 3.63) is 45.4 Å². The Kier molecular flexibility index (Phi) is 7.14. The molecular weight excluding hydrogens is 479 g/mol. The molecule has 3 N–H and O–H groups in total. The number of imidazole rings is 1. The normalized spacial score (nSPS) is 11.8. The predicted molar refractivity (Wildman–Crippen MR) is 122 cm³/mol. The summed E-state index contributed by atoms with van der Waals surface area (Å²) in [4.78, 5) is 31.1. The first kappa shape index (κ1) is 24.7. The number of Topliss-reactive ketones (excluding diaryl/α,β-unsaturated/α-hetero) is 1. The quantitative estimate of drug-likeness (QED) is 0.345. The fourth-order valence-electron chi connectivity index (χ4n) is 2.94. The molecule has 11 heteroatoms. The maximum absolute atomic E-state index is 12.5. The van der Waals surface area contributed by atoms with E-state index in [9.17, 15) is 23.5 Å². The maximum Gasteiger partial charge on any atom is 0.339 e. The number of alkyl halides is 2. The van der Waals surface area contributed by atoms with E-state index >= 15 is 0 Å². The van der Waals surface area contributed by atoms with E-state index < -0.39 is 24.4 Å². The van der Waals surface area contributed by atoms with Crippen molar-refractivity contribution < 1.29 is 28.2 Å². The third-order valence-corrected chi connectivity index (χ3v) is 5.53. The first-order valence-corrected chi connectivity index (χ1v) is 10.6. The van der Waals surface area contributed by atoms with Gasteiger partial charge in [0.2, 0.25) is 5.95 Å². The summed E-state index contributed by atoms with van der Waals surface area (Å²) in [5.41, 5.74) is 0.654. The van der Waals surface area contributed by atoms with E-state index in [4.69, 9.17) is 27.9 Å². The molecule has 0 atom stereocenters. The molecule has 0 radical (unpaired) electrons. The first-order valence-electron chi connectivity index (χ1n) is 9.82. The van der Waals surface area contributed by atoms with Gasteiger partial charge in [0.15, 0.2) is 0 Å². The summed E-state index contributed by atoms with van der Waals surface area (Å²) >= 11 is 12.8. The standard InChI is InChI=1S/C22H21Cl2F2N3O4/c1-22(2,3)16(30)6-10-4-5-12(23)19(18(10)24)29-21-27-13-7-11(20(31)32)15(8-14(13)28-21)33-9-17(25)26/h4-5,7-8,17H,6,9H2,1-3H3,(H,31,32)(H2,27,28,29). The van der Waals surface area contributed by atoms with Crippen LogP contribution in [0.5, 0.6) is 5.75 Å².